The zero-order chi connectivity index (χ0) is 10.8. The summed E-state index contributed by atoms with van der Waals surface area (Å²) in [6.45, 7) is 6.76. The van der Waals surface area contributed by atoms with Crippen LogP contribution in [0.5, 0.6) is 0 Å². The molecule has 0 amide bonds. The van der Waals surface area contributed by atoms with Gasteiger partial charge in [-0.3, -0.25) is 0 Å². The SMILES string of the molecule is CNCc1ccc(C(C)(C)C)c(F)c1. The molecule has 0 heterocycles. The molecule has 0 saturated carbocycles. The number of benzene rings is 1. The first-order valence-electron chi connectivity index (χ1n) is 4.88. The fourth-order valence-electron chi connectivity index (χ4n) is 1.48. The van der Waals surface area contributed by atoms with Crippen molar-refractivity contribution in [2.45, 2.75) is 32.7 Å². The fourth-order valence-corrected chi connectivity index (χ4v) is 1.48. The molecule has 0 aliphatic heterocycles. The lowest BCUT2D eigenvalue weighted by molar-refractivity contribution is 0.521. The molecule has 0 saturated heterocycles. The van der Waals surface area contributed by atoms with Gasteiger partial charge in [0.1, 0.15) is 5.82 Å². The highest BCUT2D eigenvalue weighted by Gasteiger charge is 2.17. The van der Waals surface area contributed by atoms with Crippen molar-refractivity contribution in [1.82, 2.24) is 5.32 Å². The van der Waals surface area contributed by atoms with Gasteiger partial charge >= 0.3 is 0 Å². The molecule has 1 N–H and O–H groups in total. The molecule has 0 radical (unpaired) electrons. The lowest BCUT2D eigenvalue weighted by atomic mass is 9.86. The molecule has 0 bridgehead atoms. The van der Waals surface area contributed by atoms with Crippen LogP contribution < -0.4 is 5.32 Å². The van der Waals surface area contributed by atoms with E-state index in [1.807, 2.05) is 40.0 Å². The van der Waals surface area contributed by atoms with E-state index in [9.17, 15) is 4.39 Å². The maximum Gasteiger partial charge on any atom is 0.127 e. The van der Waals surface area contributed by atoms with E-state index in [0.717, 1.165) is 11.1 Å². The molecule has 2 heteroatoms. The van der Waals surface area contributed by atoms with Gasteiger partial charge in [-0.25, -0.2) is 4.39 Å². The van der Waals surface area contributed by atoms with Crippen LogP contribution in [-0.4, -0.2) is 7.05 Å². The highest BCUT2D eigenvalue weighted by Crippen LogP contribution is 2.25. The first kappa shape index (κ1) is 11.2. The van der Waals surface area contributed by atoms with Crippen molar-refractivity contribution < 1.29 is 4.39 Å². The van der Waals surface area contributed by atoms with Crippen LogP contribution in [0.2, 0.25) is 0 Å². The van der Waals surface area contributed by atoms with Crippen LogP contribution in [0.25, 0.3) is 0 Å². The summed E-state index contributed by atoms with van der Waals surface area (Å²) in [5, 5.41) is 3.00. The Labute approximate surface area is 85.3 Å². The lowest BCUT2D eigenvalue weighted by Crippen LogP contribution is -2.14. The van der Waals surface area contributed by atoms with Crippen LogP contribution in [0.3, 0.4) is 0 Å². The van der Waals surface area contributed by atoms with E-state index in [4.69, 9.17) is 0 Å². The molecule has 0 aromatic heterocycles. The van der Waals surface area contributed by atoms with Crippen molar-refractivity contribution in [3.8, 4) is 0 Å². The van der Waals surface area contributed by atoms with E-state index in [1.54, 1.807) is 6.07 Å². The third kappa shape index (κ3) is 2.55. The Hall–Kier alpha value is -0.890. The second kappa shape index (κ2) is 4.09. The van der Waals surface area contributed by atoms with Crippen LogP contribution in [0.15, 0.2) is 18.2 Å². The van der Waals surface area contributed by atoms with Crippen molar-refractivity contribution in [3.63, 3.8) is 0 Å². The second-order valence-corrected chi connectivity index (χ2v) is 4.59. The van der Waals surface area contributed by atoms with Crippen molar-refractivity contribution in [2.24, 2.45) is 0 Å². The molecular weight excluding hydrogens is 177 g/mol. The van der Waals surface area contributed by atoms with Gasteiger partial charge in [0.15, 0.2) is 0 Å². The molecule has 0 aliphatic rings. The summed E-state index contributed by atoms with van der Waals surface area (Å²) in [7, 11) is 1.86. The first-order valence-corrected chi connectivity index (χ1v) is 4.88. The predicted molar refractivity (Wildman–Crippen MR) is 57.9 cm³/mol. The average molecular weight is 195 g/mol. The van der Waals surface area contributed by atoms with Gasteiger partial charge in [-0.05, 0) is 29.7 Å². The maximum atomic E-state index is 13.6. The fraction of sp³-hybridized carbons (Fsp3) is 0.500. The summed E-state index contributed by atoms with van der Waals surface area (Å²) < 4.78 is 13.6. The molecule has 14 heavy (non-hydrogen) atoms. The zero-order valence-electron chi connectivity index (χ0n) is 9.32. The van der Waals surface area contributed by atoms with Crippen molar-refractivity contribution in [3.05, 3.63) is 35.1 Å². The summed E-state index contributed by atoms with van der Waals surface area (Å²) in [5.74, 6) is -0.106. The van der Waals surface area contributed by atoms with Crippen molar-refractivity contribution >= 4 is 0 Å². The Balaban J connectivity index is 3.02. The average Bonchev–Trinajstić information content (AvgIpc) is 2.02. The molecule has 0 spiro atoms. The molecule has 0 fully saturated rings. The largest absolute Gasteiger partial charge is 0.316 e. The van der Waals surface area contributed by atoms with Crippen LogP contribution in [0.4, 0.5) is 4.39 Å². The van der Waals surface area contributed by atoms with E-state index >= 15 is 0 Å². The first-order chi connectivity index (χ1) is 6.45. The smallest absolute Gasteiger partial charge is 0.127 e. The molecule has 1 aromatic rings. The number of nitrogens with one attached hydrogen (secondary N) is 1. The Morgan fingerprint density at radius 3 is 2.36 bits per heavy atom. The molecule has 1 nitrogen and oxygen atoms in total. The van der Waals surface area contributed by atoms with Gasteiger partial charge in [0.2, 0.25) is 0 Å². The summed E-state index contributed by atoms with van der Waals surface area (Å²) in [4.78, 5) is 0. The molecule has 0 unspecified atom stereocenters. The van der Waals surface area contributed by atoms with Crippen LogP contribution in [0, 0.1) is 5.82 Å². The Kier molecular flexibility index (Phi) is 3.27. The van der Waals surface area contributed by atoms with Gasteiger partial charge in [0, 0.05) is 6.54 Å². The van der Waals surface area contributed by atoms with Gasteiger partial charge in [-0.2, -0.15) is 0 Å². The molecule has 0 atom stereocenters. The van der Waals surface area contributed by atoms with Gasteiger partial charge in [-0.1, -0.05) is 32.9 Å². The number of halogens is 1. The number of rotatable bonds is 2. The number of hydrogen-bond acceptors (Lipinski definition) is 1. The van der Waals surface area contributed by atoms with E-state index in [0.29, 0.717) is 6.54 Å². The quantitative estimate of drug-likeness (QED) is 0.765. The van der Waals surface area contributed by atoms with Crippen LogP contribution in [-0.2, 0) is 12.0 Å². The Morgan fingerprint density at radius 1 is 1.29 bits per heavy atom. The Morgan fingerprint density at radius 2 is 1.93 bits per heavy atom. The minimum absolute atomic E-state index is 0.106. The number of hydrogen-bond donors (Lipinski definition) is 1. The zero-order valence-corrected chi connectivity index (χ0v) is 9.32. The highest BCUT2D eigenvalue weighted by atomic mass is 19.1. The van der Waals surface area contributed by atoms with E-state index < -0.39 is 0 Å². The summed E-state index contributed by atoms with van der Waals surface area (Å²) >= 11 is 0. The molecule has 1 aromatic carbocycles. The highest BCUT2D eigenvalue weighted by molar-refractivity contribution is 5.29. The predicted octanol–water partition coefficient (Wildman–Crippen LogP) is 2.84. The van der Waals surface area contributed by atoms with Crippen LogP contribution in [0.1, 0.15) is 31.9 Å². The minimum Gasteiger partial charge on any atom is -0.316 e. The van der Waals surface area contributed by atoms with E-state index in [2.05, 4.69) is 5.32 Å². The van der Waals surface area contributed by atoms with Crippen molar-refractivity contribution in [1.29, 1.82) is 0 Å². The minimum atomic E-state index is -0.123. The van der Waals surface area contributed by atoms with Gasteiger partial charge in [0.05, 0.1) is 0 Å². The van der Waals surface area contributed by atoms with Gasteiger partial charge < -0.3 is 5.32 Å². The van der Waals surface area contributed by atoms with E-state index in [-0.39, 0.29) is 11.2 Å². The molecule has 0 aliphatic carbocycles. The molecule has 78 valence electrons. The Bertz CT molecular complexity index is 313. The molecule has 1 rings (SSSR count). The second-order valence-electron chi connectivity index (χ2n) is 4.59. The van der Waals surface area contributed by atoms with Crippen molar-refractivity contribution in [2.75, 3.05) is 7.05 Å². The summed E-state index contributed by atoms with van der Waals surface area (Å²) in [6.07, 6.45) is 0. The third-order valence-corrected chi connectivity index (χ3v) is 2.22. The maximum absolute atomic E-state index is 13.6. The standard InChI is InChI=1S/C12H18FN/c1-12(2,3)10-6-5-9(8-14-4)7-11(10)13/h5-7,14H,8H2,1-4H3. The third-order valence-electron chi connectivity index (χ3n) is 2.22. The lowest BCUT2D eigenvalue weighted by Gasteiger charge is -2.20. The molecular formula is C12H18FN. The summed E-state index contributed by atoms with van der Waals surface area (Å²) in [6, 6.07) is 5.46. The normalized spacial score (nSPS) is 11.8. The van der Waals surface area contributed by atoms with Crippen LogP contribution >= 0.6 is 0 Å². The topological polar surface area (TPSA) is 12.0 Å². The van der Waals surface area contributed by atoms with Gasteiger partial charge in [0.25, 0.3) is 0 Å². The van der Waals surface area contributed by atoms with Gasteiger partial charge in [-0.15, -0.1) is 0 Å². The monoisotopic (exact) mass is 195 g/mol. The summed E-state index contributed by atoms with van der Waals surface area (Å²) in [5.41, 5.74) is 1.64. The van der Waals surface area contributed by atoms with E-state index in [1.165, 1.54) is 0 Å².